The van der Waals surface area contributed by atoms with Crippen molar-refractivity contribution in [2.75, 3.05) is 18.8 Å². The van der Waals surface area contributed by atoms with Crippen LogP contribution in [-0.2, 0) is 27.4 Å². The van der Waals surface area contributed by atoms with E-state index in [0.717, 1.165) is 0 Å². The van der Waals surface area contributed by atoms with Crippen LogP contribution >= 0.6 is 0 Å². The van der Waals surface area contributed by atoms with Crippen LogP contribution in [-0.4, -0.2) is 47.6 Å². The number of likely N-dealkylation sites (tertiary alicyclic amines) is 1. The van der Waals surface area contributed by atoms with Gasteiger partial charge >= 0.3 is 6.18 Å². The van der Waals surface area contributed by atoms with E-state index in [1.54, 1.807) is 47.4 Å². The molecule has 4 rings (SSSR count). The molecule has 0 N–H and O–H groups in total. The average molecular weight is 480 g/mol. The zero-order valence-electron chi connectivity index (χ0n) is 17.8. The maximum Gasteiger partial charge on any atom is 0.449 e. The molecule has 0 bridgehead atoms. The number of sulfone groups is 1. The number of piperidine rings is 1. The minimum absolute atomic E-state index is 0.0409. The molecule has 176 valence electrons. The summed E-state index contributed by atoms with van der Waals surface area (Å²) in [5, 5.41) is 0. The molecule has 1 saturated heterocycles. The normalized spacial score (nSPS) is 15.8. The summed E-state index contributed by atoms with van der Waals surface area (Å²) in [4.78, 5) is 18.1. The Balaban J connectivity index is 1.36. The molecule has 0 spiro atoms. The van der Waals surface area contributed by atoms with Crippen molar-refractivity contribution in [2.45, 2.75) is 36.9 Å². The fourth-order valence-electron chi connectivity index (χ4n) is 4.23. The summed E-state index contributed by atoms with van der Waals surface area (Å²) in [5.41, 5.74) is 0.742. The smallest absolute Gasteiger partial charge is 0.343 e. The van der Waals surface area contributed by atoms with Gasteiger partial charge in [-0.2, -0.15) is 13.2 Å². The number of hydrogen-bond donors (Lipinski definition) is 0. The summed E-state index contributed by atoms with van der Waals surface area (Å²) < 4.78 is 66.6. The highest BCUT2D eigenvalue weighted by Crippen LogP contribution is 2.33. The number of carbonyl (C=O) groups excluding carboxylic acids is 1. The predicted octanol–water partition coefficient (Wildman–Crippen LogP) is 4.16. The molecule has 33 heavy (non-hydrogen) atoms. The van der Waals surface area contributed by atoms with Crippen molar-refractivity contribution >= 4 is 26.8 Å². The molecule has 1 aromatic heterocycles. The summed E-state index contributed by atoms with van der Waals surface area (Å²) in [6, 6.07) is 14.5. The van der Waals surface area contributed by atoms with E-state index < -0.39 is 21.8 Å². The van der Waals surface area contributed by atoms with Gasteiger partial charge in [0.15, 0.2) is 9.84 Å². The zero-order valence-corrected chi connectivity index (χ0v) is 18.6. The van der Waals surface area contributed by atoms with Crippen molar-refractivity contribution in [2.24, 2.45) is 5.92 Å². The van der Waals surface area contributed by atoms with E-state index in [1.165, 1.54) is 16.7 Å². The van der Waals surface area contributed by atoms with E-state index >= 15 is 0 Å². The Morgan fingerprint density at radius 2 is 1.64 bits per heavy atom. The van der Waals surface area contributed by atoms with Crippen LogP contribution in [0.3, 0.4) is 0 Å². The van der Waals surface area contributed by atoms with Gasteiger partial charge in [0.2, 0.25) is 11.7 Å². The SMILES string of the molecule is O=C(CCS(=O)(=O)c1ccccc1)N1CCC(Cn2c(C(F)(F)F)nc3ccccc32)CC1. The topological polar surface area (TPSA) is 72.3 Å². The molecule has 1 aliphatic rings. The maximum atomic E-state index is 13.5. The van der Waals surface area contributed by atoms with Crippen molar-refractivity contribution in [3.8, 4) is 0 Å². The molecule has 0 saturated carbocycles. The Morgan fingerprint density at radius 3 is 2.30 bits per heavy atom. The lowest BCUT2D eigenvalue weighted by Gasteiger charge is -2.32. The monoisotopic (exact) mass is 479 g/mol. The van der Waals surface area contributed by atoms with Gasteiger partial charge in [0.1, 0.15) is 0 Å². The number of benzene rings is 2. The van der Waals surface area contributed by atoms with Gasteiger partial charge in [0.05, 0.1) is 21.7 Å². The number of para-hydroxylation sites is 2. The van der Waals surface area contributed by atoms with Gasteiger partial charge in [-0.1, -0.05) is 30.3 Å². The molecule has 1 amide bonds. The van der Waals surface area contributed by atoms with E-state index in [9.17, 15) is 26.4 Å². The van der Waals surface area contributed by atoms with Crippen LogP contribution in [0.15, 0.2) is 59.5 Å². The second-order valence-corrected chi connectivity index (χ2v) is 10.3. The third-order valence-electron chi connectivity index (χ3n) is 6.00. The molecule has 1 aliphatic heterocycles. The summed E-state index contributed by atoms with van der Waals surface area (Å²) in [6.07, 6.45) is -3.59. The Bertz CT molecular complexity index is 1230. The Kier molecular flexibility index (Phi) is 6.47. The Labute approximate surface area is 189 Å². The molecule has 2 heterocycles. The molecular weight excluding hydrogens is 455 g/mol. The molecule has 0 atom stereocenters. The molecule has 0 unspecified atom stereocenters. The zero-order chi connectivity index (χ0) is 23.6. The first kappa shape index (κ1) is 23.3. The molecule has 1 fully saturated rings. The van der Waals surface area contributed by atoms with Gasteiger partial charge in [-0.25, -0.2) is 13.4 Å². The number of fused-ring (bicyclic) bond motifs is 1. The third-order valence-corrected chi connectivity index (χ3v) is 7.74. The van der Waals surface area contributed by atoms with Gasteiger partial charge in [0.25, 0.3) is 0 Å². The van der Waals surface area contributed by atoms with E-state index in [-0.39, 0.29) is 35.4 Å². The Morgan fingerprint density at radius 1 is 1.00 bits per heavy atom. The first-order valence-corrected chi connectivity index (χ1v) is 12.4. The second kappa shape index (κ2) is 9.17. The Hall–Kier alpha value is -2.88. The summed E-state index contributed by atoms with van der Waals surface area (Å²) in [5.74, 6) is -1.47. The van der Waals surface area contributed by atoms with Crippen LogP contribution in [0.25, 0.3) is 11.0 Å². The highest BCUT2D eigenvalue weighted by molar-refractivity contribution is 7.91. The molecule has 2 aromatic carbocycles. The predicted molar refractivity (Wildman–Crippen MR) is 117 cm³/mol. The number of hydrogen-bond acceptors (Lipinski definition) is 4. The van der Waals surface area contributed by atoms with Gasteiger partial charge < -0.3 is 9.47 Å². The highest BCUT2D eigenvalue weighted by Gasteiger charge is 2.38. The molecule has 0 radical (unpaired) electrons. The fourth-order valence-corrected chi connectivity index (χ4v) is 5.48. The van der Waals surface area contributed by atoms with Gasteiger partial charge in [0, 0.05) is 26.1 Å². The second-order valence-electron chi connectivity index (χ2n) is 8.24. The number of carbonyl (C=O) groups is 1. The van der Waals surface area contributed by atoms with Gasteiger partial charge in [-0.3, -0.25) is 4.79 Å². The lowest BCUT2D eigenvalue weighted by molar-refractivity contribution is -0.147. The molecule has 3 aromatic rings. The number of rotatable bonds is 6. The van der Waals surface area contributed by atoms with Crippen LogP contribution in [0.5, 0.6) is 0 Å². The number of amides is 1. The van der Waals surface area contributed by atoms with Gasteiger partial charge in [-0.15, -0.1) is 0 Å². The molecule has 6 nitrogen and oxygen atoms in total. The number of halogens is 3. The van der Waals surface area contributed by atoms with E-state index in [0.29, 0.717) is 37.0 Å². The highest BCUT2D eigenvalue weighted by atomic mass is 32.2. The van der Waals surface area contributed by atoms with Crippen LogP contribution in [0.4, 0.5) is 13.2 Å². The van der Waals surface area contributed by atoms with Crippen LogP contribution in [0, 0.1) is 5.92 Å². The van der Waals surface area contributed by atoms with Crippen LogP contribution in [0.2, 0.25) is 0 Å². The first-order chi connectivity index (χ1) is 15.6. The van der Waals surface area contributed by atoms with E-state index in [4.69, 9.17) is 0 Å². The lowest BCUT2D eigenvalue weighted by atomic mass is 9.96. The van der Waals surface area contributed by atoms with E-state index in [2.05, 4.69) is 4.98 Å². The third kappa shape index (κ3) is 5.21. The number of alkyl halides is 3. The summed E-state index contributed by atoms with van der Waals surface area (Å²) >= 11 is 0. The standard InChI is InChI=1S/C23H24F3N3O3S/c24-23(25,26)22-27-19-8-4-5-9-20(19)29(22)16-17-10-13-28(14-11-17)21(30)12-15-33(31,32)18-6-2-1-3-7-18/h1-9,17H,10-16H2. The van der Waals surface area contributed by atoms with Crippen molar-refractivity contribution in [1.29, 1.82) is 0 Å². The minimum atomic E-state index is -4.56. The molecule has 0 aliphatic carbocycles. The maximum absolute atomic E-state index is 13.5. The fraction of sp³-hybridized carbons (Fsp3) is 0.391. The summed E-state index contributed by atoms with van der Waals surface area (Å²) in [7, 11) is -3.54. The number of nitrogens with zero attached hydrogens (tertiary/aromatic N) is 3. The quantitative estimate of drug-likeness (QED) is 0.532. The van der Waals surface area contributed by atoms with Crippen molar-refractivity contribution < 1.29 is 26.4 Å². The van der Waals surface area contributed by atoms with E-state index in [1.807, 2.05) is 0 Å². The largest absolute Gasteiger partial charge is 0.449 e. The summed E-state index contributed by atoms with van der Waals surface area (Å²) in [6.45, 7) is 0.950. The minimum Gasteiger partial charge on any atom is -0.343 e. The number of imidazole rings is 1. The first-order valence-electron chi connectivity index (χ1n) is 10.7. The van der Waals surface area contributed by atoms with Crippen molar-refractivity contribution in [3.05, 3.63) is 60.4 Å². The lowest BCUT2D eigenvalue weighted by Crippen LogP contribution is -2.40. The van der Waals surface area contributed by atoms with Crippen LogP contribution in [0.1, 0.15) is 25.1 Å². The molecule has 10 heteroatoms. The number of aromatic nitrogens is 2. The average Bonchev–Trinajstić information content (AvgIpc) is 3.18. The molecular formula is C23H24F3N3O3S. The van der Waals surface area contributed by atoms with Crippen molar-refractivity contribution in [1.82, 2.24) is 14.5 Å². The van der Waals surface area contributed by atoms with Crippen molar-refractivity contribution in [3.63, 3.8) is 0 Å². The van der Waals surface area contributed by atoms with Crippen LogP contribution < -0.4 is 0 Å². The van der Waals surface area contributed by atoms with Gasteiger partial charge in [-0.05, 0) is 43.0 Å².